The van der Waals surface area contributed by atoms with Crippen LogP contribution in [0.5, 0.6) is 5.75 Å². The summed E-state index contributed by atoms with van der Waals surface area (Å²) < 4.78 is 5.67. The first-order valence-corrected chi connectivity index (χ1v) is 6.64. The van der Waals surface area contributed by atoms with Gasteiger partial charge in [-0.1, -0.05) is 30.3 Å². The van der Waals surface area contributed by atoms with Crippen LogP contribution in [-0.4, -0.2) is 5.11 Å². The van der Waals surface area contributed by atoms with E-state index in [0.29, 0.717) is 22.3 Å². The van der Waals surface area contributed by atoms with Crippen LogP contribution in [0.15, 0.2) is 57.7 Å². The van der Waals surface area contributed by atoms with Gasteiger partial charge in [0.1, 0.15) is 17.1 Å². The van der Waals surface area contributed by atoms with Gasteiger partial charge >= 0.3 is 0 Å². The van der Waals surface area contributed by atoms with E-state index in [0.717, 1.165) is 5.56 Å². The lowest BCUT2D eigenvalue weighted by atomic mass is 10.0. The fourth-order valence-electron chi connectivity index (χ4n) is 2.22. The fourth-order valence-corrected chi connectivity index (χ4v) is 2.41. The monoisotopic (exact) mass is 286 g/mol. The first-order chi connectivity index (χ1) is 9.70. The summed E-state index contributed by atoms with van der Waals surface area (Å²) >= 11 is 5.90. The molecule has 0 saturated carbocycles. The first-order valence-electron chi connectivity index (χ1n) is 6.11. The van der Waals surface area contributed by atoms with E-state index in [4.69, 9.17) is 16.0 Å². The predicted molar refractivity (Wildman–Crippen MR) is 79.1 cm³/mol. The molecule has 0 saturated heterocycles. The Morgan fingerprint density at radius 1 is 1.10 bits per heavy atom. The molecule has 1 heterocycles. The normalized spacial score (nSPS) is 10.8. The van der Waals surface area contributed by atoms with Gasteiger partial charge in [0.25, 0.3) is 0 Å². The molecule has 1 N–H and O–H groups in total. The number of hydrogen-bond donors (Lipinski definition) is 1. The number of hydrogen-bond acceptors (Lipinski definition) is 3. The zero-order chi connectivity index (χ0) is 14.1. The van der Waals surface area contributed by atoms with Gasteiger partial charge in [0.2, 0.25) is 5.43 Å². The van der Waals surface area contributed by atoms with Crippen LogP contribution >= 0.6 is 11.6 Å². The highest BCUT2D eigenvalue weighted by atomic mass is 35.5. The molecule has 0 bridgehead atoms. The SMILES string of the molecule is O=c1c(-c2ccccc2)c(CCl)oc2cc(O)ccc12. The molecular formula is C16H11ClO3. The number of aromatic hydroxyl groups is 1. The molecule has 2 aromatic carbocycles. The van der Waals surface area contributed by atoms with Crippen LogP contribution in [0.1, 0.15) is 5.76 Å². The number of phenols is 1. The van der Waals surface area contributed by atoms with E-state index in [1.807, 2.05) is 30.3 Å². The summed E-state index contributed by atoms with van der Waals surface area (Å²) in [6, 6.07) is 13.7. The fraction of sp³-hybridized carbons (Fsp3) is 0.0625. The van der Waals surface area contributed by atoms with Gasteiger partial charge in [-0.05, 0) is 17.7 Å². The van der Waals surface area contributed by atoms with Gasteiger partial charge in [-0.3, -0.25) is 4.79 Å². The van der Waals surface area contributed by atoms with Crippen LogP contribution < -0.4 is 5.43 Å². The smallest absolute Gasteiger partial charge is 0.200 e. The molecule has 0 unspecified atom stereocenters. The molecule has 0 spiro atoms. The van der Waals surface area contributed by atoms with Gasteiger partial charge in [0.05, 0.1) is 16.8 Å². The highest BCUT2D eigenvalue weighted by Crippen LogP contribution is 2.27. The summed E-state index contributed by atoms with van der Waals surface area (Å²) in [5.74, 6) is 0.542. The molecule has 0 aliphatic carbocycles. The first kappa shape index (κ1) is 12.8. The maximum atomic E-state index is 12.6. The summed E-state index contributed by atoms with van der Waals surface area (Å²) in [5, 5.41) is 9.90. The summed E-state index contributed by atoms with van der Waals surface area (Å²) in [4.78, 5) is 12.6. The number of alkyl halides is 1. The molecule has 3 rings (SSSR count). The summed E-state index contributed by atoms with van der Waals surface area (Å²) in [6.07, 6.45) is 0. The Balaban J connectivity index is 2.40. The number of benzene rings is 2. The minimum Gasteiger partial charge on any atom is -0.508 e. The van der Waals surface area contributed by atoms with E-state index in [2.05, 4.69) is 0 Å². The standard InChI is InChI=1S/C16H11ClO3/c17-9-14-15(10-4-2-1-3-5-10)16(19)12-7-6-11(18)8-13(12)20-14/h1-8,18H,9H2. The molecule has 1 aromatic heterocycles. The molecule has 3 nitrogen and oxygen atoms in total. The molecule has 3 aromatic rings. The van der Waals surface area contributed by atoms with Crippen LogP contribution in [-0.2, 0) is 5.88 Å². The van der Waals surface area contributed by atoms with E-state index in [-0.39, 0.29) is 17.1 Å². The molecule has 0 aliphatic rings. The van der Waals surface area contributed by atoms with Gasteiger partial charge in [0, 0.05) is 6.07 Å². The second-order valence-electron chi connectivity index (χ2n) is 4.41. The molecule has 0 atom stereocenters. The van der Waals surface area contributed by atoms with Crippen molar-refractivity contribution in [2.75, 3.05) is 0 Å². The second kappa shape index (κ2) is 5.02. The van der Waals surface area contributed by atoms with E-state index in [1.165, 1.54) is 12.1 Å². The minimum atomic E-state index is -0.145. The summed E-state index contributed by atoms with van der Waals surface area (Å²) in [5.41, 5.74) is 1.43. The van der Waals surface area contributed by atoms with E-state index < -0.39 is 0 Å². The Hall–Kier alpha value is -2.26. The zero-order valence-electron chi connectivity index (χ0n) is 10.5. The number of phenolic OH excluding ortho intramolecular Hbond substituents is 1. The Kier molecular flexibility index (Phi) is 3.20. The van der Waals surface area contributed by atoms with Gasteiger partial charge < -0.3 is 9.52 Å². The van der Waals surface area contributed by atoms with Gasteiger partial charge in [0.15, 0.2) is 0 Å². The quantitative estimate of drug-likeness (QED) is 0.727. The molecule has 100 valence electrons. The highest BCUT2D eigenvalue weighted by molar-refractivity contribution is 6.17. The Labute approximate surface area is 120 Å². The third-order valence-corrected chi connectivity index (χ3v) is 3.38. The van der Waals surface area contributed by atoms with Crippen molar-refractivity contribution >= 4 is 22.6 Å². The van der Waals surface area contributed by atoms with E-state index >= 15 is 0 Å². The van der Waals surface area contributed by atoms with Crippen LogP contribution in [0.25, 0.3) is 22.1 Å². The lowest BCUT2D eigenvalue weighted by molar-refractivity contribution is 0.473. The average Bonchev–Trinajstić information content (AvgIpc) is 2.47. The molecule has 4 heteroatoms. The average molecular weight is 287 g/mol. The molecule has 0 fully saturated rings. The topological polar surface area (TPSA) is 50.4 Å². The minimum absolute atomic E-state index is 0.0497. The van der Waals surface area contributed by atoms with Crippen LogP contribution in [0.3, 0.4) is 0 Å². The van der Waals surface area contributed by atoms with Crippen molar-refractivity contribution in [1.29, 1.82) is 0 Å². The van der Waals surface area contributed by atoms with E-state index in [1.54, 1.807) is 6.07 Å². The number of rotatable bonds is 2. The van der Waals surface area contributed by atoms with Crippen molar-refractivity contribution in [1.82, 2.24) is 0 Å². The largest absolute Gasteiger partial charge is 0.508 e. The van der Waals surface area contributed by atoms with Crippen LogP contribution in [0.2, 0.25) is 0 Å². The number of halogens is 1. The molecule has 0 amide bonds. The lowest BCUT2D eigenvalue weighted by Crippen LogP contribution is -2.08. The number of fused-ring (bicyclic) bond motifs is 1. The van der Waals surface area contributed by atoms with Crippen LogP contribution in [0.4, 0.5) is 0 Å². The van der Waals surface area contributed by atoms with Crippen molar-refractivity contribution in [3.05, 3.63) is 64.5 Å². The van der Waals surface area contributed by atoms with E-state index in [9.17, 15) is 9.90 Å². The molecule has 0 radical (unpaired) electrons. The third-order valence-electron chi connectivity index (χ3n) is 3.13. The predicted octanol–water partition coefficient (Wildman–Crippen LogP) is 3.90. The van der Waals surface area contributed by atoms with Crippen molar-refractivity contribution < 1.29 is 9.52 Å². The van der Waals surface area contributed by atoms with Crippen molar-refractivity contribution in [2.45, 2.75) is 5.88 Å². The lowest BCUT2D eigenvalue weighted by Gasteiger charge is -2.08. The van der Waals surface area contributed by atoms with Crippen LogP contribution in [0, 0.1) is 0 Å². The Morgan fingerprint density at radius 3 is 2.55 bits per heavy atom. The van der Waals surface area contributed by atoms with Gasteiger partial charge in [-0.2, -0.15) is 0 Å². The molecular weight excluding hydrogens is 276 g/mol. The third kappa shape index (κ3) is 2.06. The Bertz CT molecular complexity index is 822. The highest BCUT2D eigenvalue weighted by Gasteiger charge is 2.15. The second-order valence-corrected chi connectivity index (χ2v) is 4.68. The van der Waals surface area contributed by atoms with Crippen molar-refractivity contribution in [3.8, 4) is 16.9 Å². The maximum absolute atomic E-state index is 12.6. The molecule has 20 heavy (non-hydrogen) atoms. The van der Waals surface area contributed by atoms with Gasteiger partial charge in [-0.15, -0.1) is 11.6 Å². The Morgan fingerprint density at radius 2 is 1.85 bits per heavy atom. The molecule has 0 aliphatic heterocycles. The van der Waals surface area contributed by atoms with Crippen molar-refractivity contribution in [2.24, 2.45) is 0 Å². The van der Waals surface area contributed by atoms with Crippen molar-refractivity contribution in [3.63, 3.8) is 0 Å². The van der Waals surface area contributed by atoms with Gasteiger partial charge in [-0.25, -0.2) is 0 Å². The summed E-state index contributed by atoms with van der Waals surface area (Å²) in [7, 11) is 0. The zero-order valence-corrected chi connectivity index (χ0v) is 11.2. The maximum Gasteiger partial charge on any atom is 0.200 e. The summed E-state index contributed by atoms with van der Waals surface area (Å²) in [6.45, 7) is 0.